The molecule has 0 saturated heterocycles. The van der Waals surface area contributed by atoms with Crippen molar-refractivity contribution in [2.45, 2.75) is 44.8 Å². The summed E-state index contributed by atoms with van der Waals surface area (Å²) in [7, 11) is 0. The molecular formula is C25H28N2O5. The molecule has 1 fully saturated rings. The van der Waals surface area contributed by atoms with Crippen molar-refractivity contribution in [1.29, 1.82) is 0 Å². The molecule has 1 aromatic heterocycles. The van der Waals surface area contributed by atoms with E-state index in [1.807, 2.05) is 60.7 Å². The smallest absolute Gasteiger partial charge is 0.328 e. The Morgan fingerprint density at radius 1 is 1.00 bits per heavy atom. The van der Waals surface area contributed by atoms with Gasteiger partial charge in [-0.1, -0.05) is 60.7 Å². The van der Waals surface area contributed by atoms with Gasteiger partial charge >= 0.3 is 5.69 Å². The highest BCUT2D eigenvalue weighted by Gasteiger charge is 2.44. The quantitative estimate of drug-likeness (QED) is 0.566. The number of aromatic amines is 1. The number of hydrogen-bond donors (Lipinski definition) is 2. The van der Waals surface area contributed by atoms with E-state index in [1.54, 1.807) is 6.92 Å². The van der Waals surface area contributed by atoms with Crippen LogP contribution < -0.4 is 11.2 Å². The molecule has 7 nitrogen and oxygen atoms in total. The third-order valence-electron chi connectivity index (χ3n) is 6.02. The van der Waals surface area contributed by atoms with Crippen molar-refractivity contribution in [2.24, 2.45) is 5.92 Å². The highest BCUT2D eigenvalue weighted by atomic mass is 16.5. The van der Waals surface area contributed by atoms with Crippen LogP contribution >= 0.6 is 0 Å². The molecule has 32 heavy (non-hydrogen) atoms. The van der Waals surface area contributed by atoms with E-state index < -0.39 is 23.4 Å². The van der Waals surface area contributed by atoms with Crippen molar-refractivity contribution in [3.8, 4) is 0 Å². The van der Waals surface area contributed by atoms with Gasteiger partial charge in [-0.25, -0.2) is 4.79 Å². The van der Waals surface area contributed by atoms with Crippen LogP contribution in [-0.2, 0) is 22.7 Å². The first-order valence-corrected chi connectivity index (χ1v) is 10.8. The van der Waals surface area contributed by atoms with Gasteiger partial charge < -0.3 is 14.6 Å². The van der Waals surface area contributed by atoms with E-state index >= 15 is 0 Å². The Kier molecular flexibility index (Phi) is 6.99. The molecule has 4 atom stereocenters. The molecule has 3 aromatic rings. The molecule has 168 valence electrons. The fourth-order valence-electron chi connectivity index (χ4n) is 4.23. The second kappa shape index (κ2) is 10.1. The normalized spacial score (nSPS) is 22.8. The number of ether oxygens (including phenoxy) is 2. The summed E-state index contributed by atoms with van der Waals surface area (Å²) >= 11 is 0. The Morgan fingerprint density at radius 3 is 2.28 bits per heavy atom. The molecule has 0 unspecified atom stereocenters. The van der Waals surface area contributed by atoms with E-state index in [2.05, 4.69) is 4.98 Å². The molecule has 0 amide bonds. The highest BCUT2D eigenvalue weighted by molar-refractivity contribution is 5.14. The highest BCUT2D eigenvalue weighted by Crippen LogP contribution is 2.37. The molecular weight excluding hydrogens is 408 g/mol. The Labute approximate surface area is 186 Å². The summed E-state index contributed by atoms with van der Waals surface area (Å²) in [6, 6.07) is 19.1. The summed E-state index contributed by atoms with van der Waals surface area (Å²) in [5.41, 5.74) is 1.55. The largest absolute Gasteiger partial charge is 0.390 e. The number of benzene rings is 2. The molecule has 1 saturated carbocycles. The van der Waals surface area contributed by atoms with Crippen LogP contribution in [0.4, 0.5) is 0 Å². The maximum absolute atomic E-state index is 12.4. The van der Waals surface area contributed by atoms with Gasteiger partial charge in [0.05, 0.1) is 38.1 Å². The van der Waals surface area contributed by atoms with Crippen LogP contribution in [0.2, 0.25) is 0 Å². The number of aliphatic hydroxyl groups excluding tert-OH is 1. The Balaban J connectivity index is 1.51. The molecule has 4 rings (SSSR count). The Bertz CT molecular complexity index is 1130. The van der Waals surface area contributed by atoms with Gasteiger partial charge in [-0.15, -0.1) is 0 Å². The lowest BCUT2D eigenvalue weighted by Gasteiger charge is -2.23. The van der Waals surface area contributed by atoms with Gasteiger partial charge in [0.15, 0.2) is 0 Å². The number of aryl methyl sites for hydroxylation is 1. The predicted molar refractivity (Wildman–Crippen MR) is 120 cm³/mol. The second-order valence-corrected chi connectivity index (χ2v) is 8.27. The first kappa shape index (κ1) is 22.2. The summed E-state index contributed by atoms with van der Waals surface area (Å²) in [5, 5.41) is 11.1. The van der Waals surface area contributed by atoms with Crippen LogP contribution in [0.1, 0.15) is 29.2 Å². The molecule has 0 spiro atoms. The van der Waals surface area contributed by atoms with Crippen molar-refractivity contribution in [2.75, 3.05) is 6.61 Å². The van der Waals surface area contributed by atoms with Crippen LogP contribution in [0.5, 0.6) is 0 Å². The maximum Gasteiger partial charge on any atom is 0.328 e. The van der Waals surface area contributed by atoms with Gasteiger partial charge in [-0.2, -0.15) is 0 Å². The summed E-state index contributed by atoms with van der Waals surface area (Å²) < 4.78 is 13.5. The van der Waals surface area contributed by atoms with Crippen molar-refractivity contribution in [3.63, 3.8) is 0 Å². The average molecular weight is 437 g/mol. The molecule has 1 aliphatic rings. The van der Waals surface area contributed by atoms with E-state index in [-0.39, 0.29) is 12.0 Å². The lowest BCUT2D eigenvalue weighted by molar-refractivity contribution is -0.0476. The molecule has 0 radical (unpaired) electrons. The fourth-order valence-corrected chi connectivity index (χ4v) is 4.23. The topological polar surface area (TPSA) is 93.6 Å². The number of hydrogen-bond acceptors (Lipinski definition) is 5. The standard InChI is InChI=1S/C25H28N2O5/c1-17-13-27(25(30)26-24(17)29)21-12-22(32-15-19-10-6-3-7-11-19)20(23(21)28)16-31-14-18-8-4-2-5-9-18/h2-11,13,20-23,28H,12,14-16H2,1H3,(H,26,29,30)/t20-,21+,22+,23+/m1/s1. The predicted octanol–water partition coefficient (Wildman–Crippen LogP) is 2.57. The second-order valence-electron chi connectivity index (χ2n) is 8.27. The van der Waals surface area contributed by atoms with Gasteiger partial charge in [0, 0.05) is 17.7 Å². The maximum atomic E-state index is 12.4. The number of nitrogens with zero attached hydrogens (tertiary/aromatic N) is 1. The third-order valence-corrected chi connectivity index (χ3v) is 6.02. The molecule has 1 heterocycles. The molecule has 1 aliphatic carbocycles. The van der Waals surface area contributed by atoms with E-state index in [1.165, 1.54) is 10.8 Å². The minimum Gasteiger partial charge on any atom is -0.390 e. The molecule has 0 aliphatic heterocycles. The first-order chi connectivity index (χ1) is 15.5. The van der Waals surface area contributed by atoms with E-state index in [0.29, 0.717) is 31.8 Å². The number of aromatic nitrogens is 2. The monoisotopic (exact) mass is 436 g/mol. The summed E-state index contributed by atoms with van der Waals surface area (Å²) in [5.74, 6) is -0.313. The van der Waals surface area contributed by atoms with Gasteiger partial charge in [0.2, 0.25) is 0 Å². The van der Waals surface area contributed by atoms with Crippen molar-refractivity contribution in [1.82, 2.24) is 9.55 Å². The van der Waals surface area contributed by atoms with Crippen LogP contribution in [0.15, 0.2) is 76.4 Å². The van der Waals surface area contributed by atoms with Crippen LogP contribution in [0.3, 0.4) is 0 Å². The van der Waals surface area contributed by atoms with Crippen molar-refractivity contribution < 1.29 is 14.6 Å². The summed E-state index contributed by atoms with van der Waals surface area (Å²) in [6.07, 6.45) is 0.801. The van der Waals surface area contributed by atoms with E-state index in [0.717, 1.165) is 11.1 Å². The van der Waals surface area contributed by atoms with Crippen LogP contribution in [0, 0.1) is 12.8 Å². The fraction of sp³-hybridized carbons (Fsp3) is 0.360. The molecule has 2 N–H and O–H groups in total. The van der Waals surface area contributed by atoms with Crippen molar-refractivity contribution >= 4 is 0 Å². The lowest BCUT2D eigenvalue weighted by Crippen LogP contribution is -2.37. The number of nitrogens with one attached hydrogen (secondary N) is 1. The number of aliphatic hydroxyl groups is 1. The summed E-state index contributed by atoms with van der Waals surface area (Å²) in [6.45, 7) is 2.76. The van der Waals surface area contributed by atoms with Crippen LogP contribution in [-0.4, -0.2) is 33.5 Å². The van der Waals surface area contributed by atoms with E-state index in [9.17, 15) is 14.7 Å². The van der Waals surface area contributed by atoms with Gasteiger partial charge in [-0.3, -0.25) is 14.3 Å². The first-order valence-electron chi connectivity index (χ1n) is 10.8. The minimum absolute atomic E-state index is 0.295. The van der Waals surface area contributed by atoms with Gasteiger partial charge in [0.25, 0.3) is 5.56 Å². The van der Waals surface area contributed by atoms with E-state index in [4.69, 9.17) is 9.47 Å². The SMILES string of the molecule is Cc1cn([C@H]2C[C@H](OCc3ccccc3)[C@@H](COCc3ccccc3)[C@@H]2O)c(=O)[nH]c1=O. The number of rotatable bonds is 8. The lowest BCUT2D eigenvalue weighted by atomic mass is 10.0. The van der Waals surface area contributed by atoms with Crippen LogP contribution in [0.25, 0.3) is 0 Å². The van der Waals surface area contributed by atoms with Crippen molar-refractivity contribution in [3.05, 3.63) is 104 Å². The Morgan fingerprint density at radius 2 is 1.62 bits per heavy atom. The molecule has 7 heteroatoms. The van der Waals surface area contributed by atoms with Gasteiger partial charge in [0.1, 0.15) is 0 Å². The zero-order chi connectivity index (χ0) is 22.5. The minimum atomic E-state index is -0.852. The Hall–Kier alpha value is -3.00. The van der Waals surface area contributed by atoms with Gasteiger partial charge in [-0.05, 0) is 24.5 Å². The molecule has 0 bridgehead atoms. The zero-order valence-electron chi connectivity index (χ0n) is 18.0. The average Bonchev–Trinajstić information content (AvgIpc) is 3.11. The zero-order valence-corrected chi connectivity index (χ0v) is 18.0. The number of H-pyrrole nitrogens is 1. The summed E-state index contributed by atoms with van der Waals surface area (Å²) in [4.78, 5) is 26.5. The third kappa shape index (κ3) is 5.07. The molecule has 2 aromatic carbocycles.